The smallest absolute Gasteiger partial charge is 0.0627 e. The van der Waals surface area contributed by atoms with Gasteiger partial charge in [-0.3, -0.25) is 4.98 Å². The molecule has 15 heavy (non-hydrogen) atoms. The number of hydrogen-bond acceptors (Lipinski definition) is 3. The van der Waals surface area contributed by atoms with Gasteiger partial charge in [-0.05, 0) is 42.3 Å². The Bertz CT molecular complexity index is 478. The molecule has 0 fully saturated rings. The van der Waals surface area contributed by atoms with E-state index in [-0.39, 0.29) is 0 Å². The quantitative estimate of drug-likeness (QED) is 0.692. The first-order valence-corrected chi connectivity index (χ1v) is 4.74. The van der Waals surface area contributed by atoms with Gasteiger partial charge in [0, 0.05) is 18.0 Å². The van der Waals surface area contributed by atoms with E-state index in [1.807, 2.05) is 31.2 Å². The molecular weight excluding hydrogens is 186 g/mol. The van der Waals surface area contributed by atoms with Crippen molar-refractivity contribution in [2.24, 2.45) is 0 Å². The predicted molar refractivity (Wildman–Crippen MR) is 63.2 cm³/mol. The Hall–Kier alpha value is -2.03. The standard InChI is InChI=1S/C12H13N3/c1-8-6-10(12(14)11(13)7-8)9-2-4-15-5-3-9/h2-7H,13-14H2,1H3. The number of nitrogens with zero attached hydrogens (tertiary/aromatic N) is 1. The summed E-state index contributed by atoms with van der Waals surface area (Å²) in [4.78, 5) is 3.97. The maximum atomic E-state index is 5.94. The lowest BCUT2D eigenvalue weighted by atomic mass is 10.0. The zero-order chi connectivity index (χ0) is 10.8. The van der Waals surface area contributed by atoms with E-state index in [1.165, 1.54) is 0 Å². The summed E-state index contributed by atoms with van der Waals surface area (Å²) < 4.78 is 0. The minimum Gasteiger partial charge on any atom is -0.397 e. The summed E-state index contributed by atoms with van der Waals surface area (Å²) in [6.45, 7) is 2.00. The molecular formula is C12H13N3. The normalized spacial score (nSPS) is 10.2. The van der Waals surface area contributed by atoms with E-state index in [1.54, 1.807) is 12.4 Å². The number of benzene rings is 1. The maximum Gasteiger partial charge on any atom is 0.0627 e. The van der Waals surface area contributed by atoms with Crippen molar-refractivity contribution in [1.82, 2.24) is 4.98 Å². The van der Waals surface area contributed by atoms with E-state index in [2.05, 4.69) is 4.98 Å². The van der Waals surface area contributed by atoms with Crippen LogP contribution in [0.15, 0.2) is 36.7 Å². The molecule has 1 heterocycles. The minimum atomic E-state index is 0.627. The summed E-state index contributed by atoms with van der Waals surface area (Å²) >= 11 is 0. The summed E-state index contributed by atoms with van der Waals surface area (Å²) in [7, 11) is 0. The molecule has 0 aliphatic heterocycles. The number of nitrogens with two attached hydrogens (primary N) is 2. The van der Waals surface area contributed by atoms with Crippen LogP contribution in [0.25, 0.3) is 11.1 Å². The monoisotopic (exact) mass is 199 g/mol. The van der Waals surface area contributed by atoms with E-state index in [0.29, 0.717) is 11.4 Å². The molecule has 0 aliphatic carbocycles. The first-order chi connectivity index (χ1) is 7.18. The molecule has 1 aromatic heterocycles. The van der Waals surface area contributed by atoms with Crippen molar-refractivity contribution in [2.75, 3.05) is 11.5 Å². The largest absolute Gasteiger partial charge is 0.397 e. The van der Waals surface area contributed by atoms with Crippen molar-refractivity contribution in [3.05, 3.63) is 42.2 Å². The second kappa shape index (κ2) is 3.61. The van der Waals surface area contributed by atoms with Crippen LogP contribution in [-0.4, -0.2) is 4.98 Å². The van der Waals surface area contributed by atoms with E-state index < -0.39 is 0 Å². The molecule has 3 heteroatoms. The van der Waals surface area contributed by atoms with Gasteiger partial charge in [-0.2, -0.15) is 0 Å². The lowest BCUT2D eigenvalue weighted by Gasteiger charge is -2.09. The number of rotatable bonds is 1. The van der Waals surface area contributed by atoms with Crippen molar-refractivity contribution in [1.29, 1.82) is 0 Å². The van der Waals surface area contributed by atoms with Crippen LogP contribution in [0.3, 0.4) is 0 Å². The molecule has 0 unspecified atom stereocenters. The second-order valence-corrected chi connectivity index (χ2v) is 3.55. The van der Waals surface area contributed by atoms with E-state index in [4.69, 9.17) is 11.5 Å². The van der Waals surface area contributed by atoms with Crippen molar-refractivity contribution < 1.29 is 0 Å². The molecule has 0 amide bonds. The fourth-order valence-electron chi connectivity index (χ4n) is 1.60. The lowest BCUT2D eigenvalue weighted by molar-refractivity contribution is 1.33. The summed E-state index contributed by atoms with van der Waals surface area (Å²) in [6, 6.07) is 7.75. The molecule has 0 saturated heterocycles. The van der Waals surface area contributed by atoms with Gasteiger partial charge in [0.05, 0.1) is 11.4 Å². The average molecular weight is 199 g/mol. The van der Waals surface area contributed by atoms with Crippen LogP contribution in [0.5, 0.6) is 0 Å². The summed E-state index contributed by atoms with van der Waals surface area (Å²) in [5.41, 5.74) is 16.1. The van der Waals surface area contributed by atoms with Crippen LogP contribution in [0.2, 0.25) is 0 Å². The zero-order valence-electron chi connectivity index (χ0n) is 8.57. The molecule has 0 radical (unpaired) electrons. The number of nitrogen functional groups attached to an aromatic ring is 2. The molecule has 1 aromatic carbocycles. The first kappa shape index (κ1) is 9.52. The number of pyridine rings is 1. The Morgan fingerprint density at radius 3 is 2.40 bits per heavy atom. The average Bonchev–Trinajstić information content (AvgIpc) is 2.24. The Kier molecular flexibility index (Phi) is 2.29. The summed E-state index contributed by atoms with van der Waals surface area (Å²) in [6.07, 6.45) is 3.49. The fourth-order valence-corrected chi connectivity index (χ4v) is 1.60. The highest BCUT2D eigenvalue weighted by molar-refractivity contribution is 5.84. The number of anilines is 2. The van der Waals surface area contributed by atoms with Crippen molar-refractivity contribution in [3.63, 3.8) is 0 Å². The molecule has 0 atom stereocenters. The minimum absolute atomic E-state index is 0.627. The Morgan fingerprint density at radius 2 is 1.73 bits per heavy atom. The Balaban J connectivity index is 2.63. The third-order valence-electron chi connectivity index (χ3n) is 2.35. The van der Waals surface area contributed by atoms with Gasteiger partial charge < -0.3 is 11.5 Å². The molecule has 76 valence electrons. The molecule has 2 aromatic rings. The molecule has 0 spiro atoms. The van der Waals surface area contributed by atoms with Gasteiger partial charge >= 0.3 is 0 Å². The SMILES string of the molecule is Cc1cc(N)c(N)c(-c2ccncc2)c1. The van der Waals surface area contributed by atoms with Crippen LogP contribution >= 0.6 is 0 Å². The number of hydrogen-bond donors (Lipinski definition) is 2. The van der Waals surface area contributed by atoms with E-state index in [0.717, 1.165) is 16.7 Å². The fraction of sp³-hybridized carbons (Fsp3) is 0.0833. The van der Waals surface area contributed by atoms with Gasteiger partial charge in [0.15, 0.2) is 0 Å². The van der Waals surface area contributed by atoms with E-state index >= 15 is 0 Å². The topological polar surface area (TPSA) is 64.9 Å². The Morgan fingerprint density at radius 1 is 1.07 bits per heavy atom. The van der Waals surface area contributed by atoms with Crippen LogP contribution in [0.4, 0.5) is 11.4 Å². The molecule has 4 N–H and O–H groups in total. The van der Waals surface area contributed by atoms with Crippen LogP contribution in [0, 0.1) is 6.92 Å². The summed E-state index contributed by atoms with van der Waals surface area (Å²) in [5.74, 6) is 0. The van der Waals surface area contributed by atoms with E-state index in [9.17, 15) is 0 Å². The molecule has 3 nitrogen and oxygen atoms in total. The first-order valence-electron chi connectivity index (χ1n) is 4.74. The number of aryl methyl sites for hydroxylation is 1. The van der Waals surface area contributed by atoms with Crippen molar-refractivity contribution in [2.45, 2.75) is 6.92 Å². The Labute approximate surface area is 88.8 Å². The third-order valence-corrected chi connectivity index (χ3v) is 2.35. The van der Waals surface area contributed by atoms with Crippen LogP contribution < -0.4 is 11.5 Å². The molecule has 0 bridgehead atoms. The van der Waals surface area contributed by atoms with Crippen molar-refractivity contribution in [3.8, 4) is 11.1 Å². The highest BCUT2D eigenvalue weighted by Gasteiger charge is 2.05. The van der Waals surface area contributed by atoms with Crippen LogP contribution in [-0.2, 0) is 0 Å². The van der Waals surface area contributed by atoms with Crippen LogP contribution in [0.1, 0.15) is 5.56 Å². The summed E-state index contributed by atoms with van der Waals surface area (Å²) in [5, 5.41) is 0. The van der Waals surface area contributed by atoms with Gasteiger partial charge in [0.1, 0.15) is 0 Å². The lowest BCUT2D eigenvalue weighted by Crippen LogP contribution is -1.98. The maximum absolute atomic E-state index is 5.94. The van der Waals surface area contributed by atoms with Gasteiger partial charge in [0.2, 0.25) is 0 Å². The highest BCUT2D eigenvalue weighted by atomic mass is 14.7. The van der Waals surface area contributed by atoms with Gasteiger partial charge in [-0.25, -0.2) is 0 Å². The molecule has 0 aliphatic rings. The third kappa shape index (κ3) is 1.76. The zero-order valence-corrected chi connectivity index (χ0v) is 8.57. The van der Waals surface area contributed by atoms with Crippen molar-refractivity contribution >= 4 is 11.4 Å². The predicted octanol–water partition coefficient (Wildman–Crippen LogP) is 2.22. The number of aromatic nitrogens is 1. The molecule has 0 saturated carbocycles. The van der Waals surface area contributed by atoms with Gasteiger partial charge in [-0.15, -0.1) is 0 Å². The van der Waals surface area contributed by atoms with Gasteiger partial charge in [0.25, 0.3) is 0 Å². The second-order valence-electron chi connectivity index (χ2n) is 3.55. The molecule has 2 rings (SSSR count). The van der Waals surface area contributed by atoms with Gasteiger partial charge in [-0.1, -0.05) is 0 Å². The highest BCUT2D eigenvalue weighted by Crippen LogP contribution is 2.30.